The Hall–Kier alpha value is -3.86. The van der Waals surface area contributed by atoms with Crippen LogP contribution in [0, 0.1) is 6.92 Å². The zero-order chi connectivity index (χ0) is 28.7. The molecular formula is C29H26ClN3O5S2. The number of carbonyl (C=O) groups excluding carboxylic acids is 1. The van der Waals surface area contributed by atoms with Gasteiger partial charge in [-0.1, -0.05) is 41.9 Å². The highest BCUT2D eigenvalue weighted by atomic mass is 35.5. The average Bonchev–Trinajstić information content (AvgIpc) is 3.27. The summed E-state index contributed by atoms with van der Waals surface area (Å²) in [6.07, 6.45) is 0.598. The van der Waals surface area contributed by atoms with E-state index in [1.54, 1.807) is 49.4 Å². The second-order valence-corrected chi connectivity index (χ2v) is 13.5. The maximum atomic E-state index is 13.6. The lowest BCUT2D eigenvalue weighted by molar-refractivity contribution is 0.102. The Morgan fingerprint density at radius 2 is 1.60 bits per heavy atom. The van der Waals surface area contributed by atoms with Crippen LogP contribution in [-0.2, 0) is 26.5 Å². The Kier molecular flexibility index (Phi) is 7.34. The number of benzene rings is 4. The summed E-state index contributed by atoms with van der Waals surface area (Å²) in [6.45, 7) is 3.57. The molecule has 4 aromatic carbocycles. The summed E-state index contributed by atoms with van der Waals surface area (Å²) in [6, 6.07) is 23.5. The summed E-state index contributed by atoms with van der Waals surface area (Å²) in [5.41, 5.74) is 2.94. The zero-order valence-electron chi connectivity index (χ0n) is 21.6. The van der Waals surface area contributed by atoms with Crippen molar-refractivity contribution in [2.45, 2.75) is 36.1 Å². The number of aryl methyl sites for hydroxylation is 1. The molecule has 8 nitrogen and oxygen atoms in total. The van der Waals surface area contributed by atoms with Crippen molar-refractivity contribution in [2.75, 3.05) is 14.3 Å². The molecule has 1 aliphatic heterocycles. The molecule has 1 aliphatic rings. The molecule has 0 saturated heterocycles. The molecule has 0 aliphatic carbocycles. The number of hydrogen-bond donors (Lipinski definition) is 2. The number of amides is 1. The lowest BCUT2D eigenvalue weighted by atomic mass is 10.1. The molecule has 0 bridgehead atoms. The fraction of sp³-hybridized carbons (Fsp3) is 0.138. The summed E-state index contributed by atoms with van der Waals surface area (Å²) < 4.78 is 57.1. The predicted octanol–water partition coefficient (Wildman–Crippen LogP) is 5.84. The molecule has 0 fully saturated rings. The van der Waals surface area contributed by atoms with Gasteiger partial charge in [-0.25, -0.2) is 16.8 Å². The van der Waals surface area contributed by atoms with Crippen LogP contribution >= 0.6 is 11.6 Å². The standard InChI is InChI=1S/C29H26ClN3O5S2/c1-19-10-15-25(39(35,36)32-24-13-11-23(30)12-14-24)18-27(19)31-29(34)22-7-5-8-26(17-22)40(37,38)33-20(2)16-21-6-3-4-9-28(21)33/h3-15,17-18,20,32H,16H2,1-2H3,(H,31,34). The fourth-order valence-corrected chi connectivity index (χ4v) is 7.59. The van der Waals surface area contributed by atoms with Crippen molar-refractivity contribution in [3.05, 3.63) is 113 Å². The first kappa shape index (κ1) is 27.7. The van der Waals surface area contributed by atoms with E-state index < -0.39 is 26.0 Å². The number of rotatable bonds is 7. The molecule has 5 rings (SSSR count). The van der Waals surface area contributed by atoms with Crippen LogP contribution in [0.25, 0.3) is 0 Å². The number of nitrogens with one attached hydrogen (secondary N) is 2. The minimum Gasteiger partial charge on any atom is -0.322 e. The number of nitrogens with zero attached hydrogens (tertiary/aromatic N) is 1. The van der Waals surface area contributed by atoms with Crippen molar-refractivity contribution in [1.29, 1.82) is 0 Å². The van der Waals surface area contributed by atoms with Gasteiger partial charge in [-0.2, -0.15) is 0 Å². The molecular weight excluding hydrogens is 570 g/mol. The molecule has 40 heavy (non-hydrogen) atoms. The monoisotopic (exact) mass is 595 g/mol. The summed E-state index contributed by atoms with van der Waals surface area (Å²) in [4.78, 5) is 13.2. The topological polar surface area (TPSA) is 113 Å². The van der Waals surface area contributed by atoms with Crippen molar-refractivity contribution in [3.8, 4) is 0 Å². The average molecular weight is 596 g/mol. The number of fused-ring (bicyclic) bond motifs is 1. The van der Waals surface area contributed by atoms with Crippen LogP contribution in [0.1, 0.15) is 28.4 Å². The van der Waals surface area contributed by atoms with Gasteiger partial charge in [-0.15, -0.1) is 0 Å². The van der Waals surface area contributed by atoms with E-state index in [4.69, 9.17) is 11.6 Å². The lowest BCUT2D eigenvalue weighted by Crippen LogP contribution is -2.35. The summed E-state index contributed by atoms with van der Waals surface area (Å²) in [5, 5.41) is 3.20. The third kappa shape index (κ3) is 5.42. The van der Waals surface area contributed by atoms with Crippen LogP contribution in [0.3, 0.4) is 0 Å². The van der Waals surface area contributed by atoms with Gasteiger partial charge >= 0.3 is 0 Å². The first-order valence-corrected chi connectivity index (χ1v) is 15.7. The van der Waals surface area contributed by atoms with E-state index in [0.717, 1.165) is 5.56 Å². The Labute approximate surface area is 238 Å². The van der Waals surface area contributed by atoms with E-state index in [1.165, 1.54) is 40.7 Å². The Bertz CT molecular complexity index is 1820. The van der Waals surface area contributed by atoms with E-state index in [2.05, 4.69) is 10.0 Å². The molecule has 206 valence electrons. The molecule has 1 atom stereocenters. The molecule has 11 heteroatoms. The van der Waals surface area contributed by atoms with E-state index in [9.17, 15) is 21.6 Å². The van der Waals surface area contributed by atoms with E-state index in [0.29, 0.717) is 28.4 Å². The number of sulfonamides is 2. The smallest absolute Gasteiger partial charge is 0.264 e. The molecule has 1 amide bonds. The normalized spacial score (nSPS) is 15.0. The Morgan fingerprint density at radius 1 is 0.875 bits per heavy atom. The third-order valence-corrected chi connectivity index (χ3v) is 10.2. The molecule has 4 aromatic rings. The second-order valence-electron chi connectivity index (χ2n) is 9.55. The van der Waals surface area contributed by atoms with Gasteiger partial charge in [0.05, 0.1) is 15.5 Å². The fourth-order valence-electron chi connectivity index (χ4n) is 4.64. The van der Waals surface area contributed by atoms with Crippen molar-refractivity contribution in [3.63, 3.8) is 0 Å². The quantitative estimate of drug-likeness (QED) is 0.279. The van der Waals surface area contributed by atoms with Gasteiger partial charge in [0.2, 0.25) is 0 Å². The first-order valence-electron chi connectivity index (χ1n) is 12.4. The molecule has 1 heterocycles. The van der Waals surface area contributed by atoms with Crippen LogP contribution in [0.4, 0.5) is 17.1 Å². The molecule has 0 radical (unpaired) electrons. The largest absolute Gasteiger partial charge is 0.322 e. The van der Waals surface area contributed by atoms with Crippen LogP contribution in [0.15, 0.2) is 101 Å². The maximum Gasteiger partial charge on any atom is 0.264 e. The highest BCUT2D eigenvalue weighted by Gasteiger charge is 2.36. The van der Waals surface area contributed by atoms with Crippen LogP contribution in [0.5, 0.6) is 0 Å². The highest BCUT2D eigenvalue weighted by molar-refractivity contribution is 7.93. The Balaban J connectivity index is 1.39. The minimum atomic E-state index is -3.96. The molecule has 0 saturated carbocycles. The van der Waals surface area contributed by atoms with Crippen molar-refractivity contribution >= 4 is 54.6 Å². The van der Waals surface area contributed by atoms with Crippen molar-refractivity contribution < 1.29 is 21.6 Å². The number of carbonyl (C=O) groups is 1. The number of hydrogen-bond acceptors (Lipinski definition) is 5. The lowest BCUT2D eigenvalue weighted by Gasteiger charge is -2.24. The summed E-state index contributed by atoms with van der Waals surface area (Å²) >= 11 is 5.88. The van der Waals surface area contributed by atoms with Crippen LogP contribution in [-0.4, -0.2) is 28.8 Å². The second kappa shape index (κ2) is 10.6. The van der Waals surface area contributed by atoms with E-state index >= 15 is 0 Å². The van der Waals surface area contributed by atoms with Crippen LogP contribution in [0.2, 0.25) is 5.02 Å². The molecule has 0 spiro atoms. The van der Waals surface area contributed by atoms with Gasteiger partial charge < -0.3 is 5.32 Å². The van der Waals surface area contributed by atoms with Crippen molar-refractivity contribution in [1.82, 2.24) is 0 Å². The first-order chi connectivity index (χ1) is 19.0. The van der Waals surface area contributed by atoms with Gasteiger partial charge in [0.25, 0.3) is 26.0 Å². The van der Waals surface area contributed by atoms with Gasteiger partial charge in [0.15, 0.2) is 0 Å². The Morgan fingerprint density at radius 3 is 2.35 bits per heavy atom. The number of anilines is 3. The van der Waals surface area contributed by atoms with Gasteiger partial charge in [0, 0.05) is 28.0 Å². The maximum absolute atomic E-state index is 13.6. The molecule has 1 unspecified atom stereocenters. The van der Waals surface area contributed by atoms with Crippen LogP contribution < -0.4 is 14.3 Å². The molecule has 2 N–H and O–H groups in total. The SMILES string of the molecule is Cc1ccc(S(=O)(=O)Nc2ccc(Cl)cc2)cc1NC(=O)c1cccc(S(=O)(=O)N2c3ccccc3CC2C)c1. The third-order valence-electron chi connectivity index (χ3n) is 6.66. The minimum absolute atomic E-state index is 0.0103. The number of halogens is 1. The highest BCUT2D eigenvalue weighted by Crippen LogP contribution is 2.36. The van der Waals surface area contributed by atoms with Gasteiger partial charge in [-0.3, -0.25) is 13.8 Å². The van der Waals surface area contributed by atoms with Crippen molar-refractivity contribution in [2.24, 2.45) is 0 Å². The van der Waals surface area contributed by atoms with Gasteiger partial charge in [-0.05, 0) is 92.1 Å². The predicted molar refractivity (Wildman–Crippen MR) is 157 cm³/mol. The number of para-hydroxylation sites is 1. The zero-order valence-corrected chi connectivity index (χ0v) is 24.0. The molecule has 0 aromatic heterocycles. The van der Waals surface area contributed by atoms with E-state index in [1.807, 2.05) is 19.1 Å². The van der Waals surface area contributed by atoms with Gasteiger partial charge in [0.1, 0.15) is 0 Å². The summed E-state index contributed by atoms with van der Waals surface area (Å²) in [5.74, 6) is -0.574. The van der Waals surface area contributed by atoms with E-state index in [-0.39, 0.29) is 27.1 Å². The summed E-state index contributed by atoms with van der Waals surface area (Å²) in [7, 11) is -7.90.